The van der Waals surface area contributed by atoms with Crippen LogP contribution in [-0.4, -0.2) is 18.3 Å². The molecule has 1 aromatic rings. The third kappa shape index (κ3) is 3.91. The predicted octanol–water partition coefficient (Wildman–Crippen LogP) is 4.09. The Balaban J connectivity index is 2.76. The van der Waals surface area contributed by atoms with Gasteiger partial charge in [0.05, 0.1) is 17.2 Å². The molecule has 5 heteroatoms. The summed E-state index contributed by atoms with van der Waals surface area (Å²) in [5.74, 6) is -0.571. The molecule has 1 aromatic carbocycles. The van der Waals surface area contributed by atoms with Crippen LogP contribution in [0.5, 0.6) is 0 Å². The first kappa shape index (κ1) is 14.9. The lowest BCUT2D eigenvalue weighted by atomic mass is 10.0. The van der Waals surface area contributed by atoms with Gasteiger partial charge in [0.1, 0.15) is 5.82 Å². The molecule has 0 fully saturated rings. The molecule has 17 heavy (non-hydrogen) atoms. The van der Waals surface area contributed by atoms with Gasteiger partial charge in [-0.15, -0.1) is 0 Å². The summed E-state index contributed by atoms with van der Waals surface area (Å²) in [5, 5.41) is 9.89. The summed E-state index contributed by atoms with van der Waals surface area (Å²) in [7, 11) is 1.61. The fraction of sp³-hybridized carbons (Fsp3) is 0.500. The van der Waals surface area contributed by atoms with Crippen LogP contribution < -0.4 is 0 Å². The minimum atomic E-state index is -0.863. The van der Waals surface area contributed by atoms with E-state index in [9.17, 15) is 9.50 Å². The van der Waals surface area contributed by atoms with E-state index < -0.39 is 11.9 Å². The van der Waals surface area contributed by atoms with Crippen molar-refractivity contribution < 1.29 is 14.2 Å². The molecule has 0 saturated heterocycles. The maximum Gasteiger partial charge on any atom is 0.148 e. The van der Waals surface area contributed by atoms with Crippen molar-refractivity contribution in [3.63, 3.8) is 0 Å². The molecule has 0 saturated carbocycles. The Bertz CT molecular complexity index is 387. The second-order valence-electron chi connectivity index (χ2n) is 3.90. The molecule has 0 aliphatic carbocycles. The lowest BCUT2D eigenvalue weighted by molar-refractivity contribution is 0.0841. The van der Waals surface area contributed by atoms with Gasteiger partial charge >= 0.3 is 0 Å². The van der Waals surface area contributed by atoms with Crippen LogP contribution in [0.3, 0.4) is 0 Å². The van der Waals surface area contributed by atoms with Crippen LogP contribution in [-0.2, 0) is 4.74 Å². The molecule has 0 aliphatic heterocycles. The number of methoxy groups -OCH3 is 1. The van der Waals surface area contributed by atoms with E-state index in [4.69, 9.17) is 16.3 Å². The van der Waals surface area contributed by atoms with E-state index in [1.807, 2.05) is 6.92 Å². The summed E-state index contributed by atoms with van der Waals surface area (Å²) < 4.78 is 19.3. The van der Waals surface area contributed by atoms with Crippen molar-refractivity contribution in [3.05, 3.63) is 33.0 Å². The minimum absolute atomic E-state index is 0.00124. The molecule has 0 spiro atoms. The van der Waals surface area contributed by atoms with E-state index >= 15 is 0 Å². The molecule has 2 atom stereocenters. The molecular weight excluding hydrogens is 310 g/mol. The van der Waals surface area contributed by atoms with Crippen molar-refractivity contribution in [3.8, 4) is 0 Å². The van der Waals surface area contributed by atoms with Crippen molar-refractivity contribution in [2.24, 2.45) is 0 Å². The molecule has 0 aliphatic rings. The first-order chi connectivity index (χ1) is 7.97. The van der Waals surface area contributed by atoms with Crippen molar-refractivity contribution in [2.75, 3.05) is 7.11 Å². The monoisotopic (exact) mass is 324 g/mol. The van der Waals surface area contributed by atoms with E-state index in [2.05, 4.69) is 15.9 Å². The topological polar surface area (TPSA) is 29.5 Å². The Hall–Kier alpha value is -0.160. The predicted molar refractivity (Wildman–Crippen MR) is 69.8 cm³/mol. The van der Waals surface area contributed by atoms with Gasteiger partial charge in [-0.3, -0.25) is 0 Å². The summed E-state index contributed by atoms with van der Waals surface area (Å²) in [6.07, 6.45) is 0.270. The lowest BCUT2D eigenvalue weighted by Gasteiger charge is -2.15. The third-order valence-corrected chi connectivity index (χ3v) is 3.93. The molecule has 96 valence electrons. The zero-order valence-corrected chi connectivity index (χ0v) is 12.1. The average Bonchev–Trinajstić information content (AvgIpc) is 2.32. The van der Waals surface area contributed by atoms with Crippen LogP contribution in [0.25, 0.3) is 0 Å². The van der Waals surface area contributed by atoms with Gasteiger partial charge in [-0.25, -0.2) is 4.39 Å². The second-order valence-corrected chi connectivity index (χ2v) is 5.14. The zero-order chi connectivity index (χ0) is 13.0. The maximum absolute atomic E-state index is 13.8. The molecule has 0 aromatic heterocycles. The van der Waals surface area contributed by atoms with Crippen molar-refractivity contribution in [1.29, 1.82) is 0 Å². The van der Waals surface area contributed by atoms with E-state index in [-0.39, 0.29) is 16.7 Å². The zero-order valence-electron chi connectivity index (χ0n) is 9.71. The quantitative estimate of drug-likeness (QED) is 0.826. The summed E-state index contributed by atoms with van der Waals surface area (Å²) >= 11 is 8.89. The Morgan fingerprint density at radius 1 is 1.47 bits per heavy atom. The number of aliphatic hydroxyl groups excluding tert-OH is 1. The van der Waals surface area contributed by atoms with Crippen molar-refractivity contribution >= 4 is 27.5 Å². The Kier molecular flexibility index (Phi) is 5.86. The highest BCUT2D eigenvalue weighted by atomic mass is 79.9. The SMILES string of the molecule is COC(C)CCC(O)c1ccc(Br)c(Cl)c1F. The highest BCUT2D eigenvalue weighted by Crippen LogP contribution is 2.32. The Morgan fingerprint density at radius 3 is 2.71 bits per heavy atom. The smallest absolute Gasteiger partial charge is 0.148 e. The molecule has 1 rings (SSSR count). The lowest BCUT2D eigenvalue weighted by Crippen LogP contribution is -2.09. The summed E-state index contributed by atoms with van der Waals surface area (Å²) in [6, 6.07) is 3.16. The molecule has 2 nitrogen and oxygen atoms in total. The highest BCUT2D eigenvalue weighted by Gasteiger charge is 2.17. The van der Waals surface area contributed by atoms with Crippen molar-refractivity contribution in [2.45, 2.75) is 32.0 Å². The third-order valence-electron chi connectivity index (χ3n) is 2.67. The molecule has 0 heterocycles. The number of rotatable bonds is 5. The van der Waals surface area contributed by atoms with Crippen LogP contribution in [0.1, 0.15) is 31.4 Å². The molecule has 0 radical (unpaired) electrons. The van der Waals surface area contributed by atoms with Gasteiger partial charge < -0.3 is 9.84 Å². The summed E-state index contributed by atoms with van der Waals surface area (Å²) in [6.45, 7) is 1.90. The van der Waals surface area contributed by atoms with Crippen LogP contribution in [0.4, 0.5) is 4.39 Å². The molecule has 0 bridgehead atoms. The first-order valence-electron chi connectivity index (χ1n) is 5.31. The van der Waals surface area contributed by atoms with Gasteiger partial charge in [0.2, 0.25) is 0 Å². The van der Waals surface area contributed by atoms with Crippen molar-refractivity contribution in [1.82, 2.24) is 0 Å². The van der Waals surface area contributed by atoms with E-state index in [0.29, 0.717) is 17.3 Å². The van der Waals surface area contributed by atoms with Gasteiger partial charge in [-0.05, 0) is 41.8 Å². The van der Waals surface area contributed by atoms with Gasteiger partial charge in [0.15, 0.2) is 0 Å². The molecule has 2 unspecified atom stereocenters. The average molecular weight is 326 g/mol. The molecular formula is C12H15BrClFO2. The standard InChI is InChI=1S/C12H15BrClFO2/c1-7(17-2)3-6-10(16)8-4-5-9(13)11(14)12(8)15/h4-5,7,10,16H,3,6H2,1-2H3. The van der Waals surface area contributed by atoms with Crippen LogP contribution in [0.2, 0.25) is 5.02 Å². The normalized spacial score (nSPS) is 14.7. The fourth-order valence-corrected chi connectivity index (χ4v) is 1.94. The minimum Gasteiger partial charge on any atom is -0.388 e. The summed E-state index contributed by atoms with van der Waals surface area (Å²) in [4.78, 5) is 0. The fourth-order valence-electron chi connectivity index (χ4n) is 1.46. The molecule has 1 N–H and O–H groups in total. The van der Waals surface area contributed by atoms with E-state index in [1.165, 1.54) is 6.07 Å². The van der Waals surface area contributed by atoms with Gasteiger partial charge in [0.25, 0.3) is 0 Å². The second kappa shape index (κ2) is 6.69. The first-order valence-corrected chi connectivity index (χ1v) is 6.48. The number of hydrogen-bond donors (Lipinski definition) is 1. The van der Waals surface area contributed by atoms with Gasteiger partial charge in [0, 0.05) is 17.1 Å². The Morgan fingerprint density at radius 2 is 2.12 bits per heavy atom. The summed E-state index contributed by atoms with van der Waals surface area (Å²) in [5.41, 5.74) is 0.224. The van der Waals surface area contributed by atoms with E-state index in [1.54, 1.807) is 13.2 Å². The number of hydrogen-bond acceptors (Lipinski definition) is 2. The highest BCUT2D eigenvalue weighted by molar-refractivity contribution is 9.10. The van der Waals surface area contributed by atoms with Crippen LogP contribution in [0.15, 0.2) is 16.6 Å². The maximum atomic E-state index is 13.8. The largest absolute Gasteiger partial charge is 0.388 e. The number of ether oxygens (including phenoxy) is 1. The number of halogens is 3. The Labute approximate surface area is 114 Å². The number of aliphatic hydroxyl groups is 1. The molecule has 0 amide bonds. The number of benzene rings is 1. The van der Waals surface area contributed by atoms with Crippen LogP contribution in [0, 0.1) is 5.82 Å². The van der Waals surface area contributed by atoms with Crippen LogP contribution >= 0.6 is 27.5 Å². The van der Waals surface area contributed by atoms with Gasteiger partial charge in [-0.2, -0.15) is 0 Å². The van der Waals surface area contributed by atoms with E-state index in [0.717, 1.165) is 0 Å². The van der Waals surface area contributed by atoms with Gasteiger partial charge in [-0.1, -0.05) is 17.7 Å².